The number of ether oxygens (including phenoxy) is 1. The summed E-state index contributed by atoms with van der Waals surface area (Å²) in [5.74, 6) is 0.823. The van der Waals surface area contributed by atoms with Crippen LogP contribution in [0.1, 0.15) is 37.9 Å². The van der Waals surface area contributed by atoms with Gasteiger partial charge in [0, 0.05) is 42.7 Å². The number of likely N-dealkylation sites (N-methyl/N-ethyl adjacent to an activating group) is 1. The predicted octanol–water partition coefficient (Wildman–Crippen LogP) is 3.39. The molecular formula is C26H37N7O3. The molecule has 3 heterocycles. The van der Waals surface area contributed by atoms with Crippen LogP contribution in [0.5, 0.6) is 0 Å². The van der Waals surface area contributed by atoms with Crippen molar-refractivity contribution in [3.63, 3.8) is 0 Å². The molecule has 10 nitrogen and oxygen atoms in total. The van der Waals surface area contributed by atoms with E-state index in [2.05, 4.69) is 37.6 Å². The number of carbonyl (C=O) groups is 2. The maximum absolute atomic E-state index is 13.6. The number of H-pyrrole nitrogens is 1. The highest BCUT2D eigenvalue weighted by molar-refractivity contribution is 5.98. The van der Waals surface area contributed by atoms with Crippen molar-refractivity contribution >= 4 is 29.1 Å². The van der Waals surface area contributed by atoms with Crippen molar-refractivity contribution < 1.29 is 14.3 Å². The number of hydrogen-bond donors (Lipinski definition) is 4. The number of anilines is 3. The fourth-order valence-electron chi connectivity index (χ4n) is 4.97. The Balaban J connectivity index is 1.46. The number of fused-ring (bicyclic) bond motifs is 1. The minimum absolute atomic E-state index is 0.0574. The van der Waals surface area contributed by atoms with Gasteiger partial charge < -0.3 is 30.5 Å². The predicted molar refractivity (Wildman–Crippen MR) is 140 cm³/mol. The number of nitrogens with zero attached hydrogens (tertiary/aromatic N) is 3. The zero-order chi connectivity index (χ0) is 25.9. The van der Waals surface area contributed by atoms with Crippen LogP contribution in [0.25, 0.3) is 0 Å². The van der Waals surface area contributed by atoms with E-state index < -0.39 is 5.54 Å². The van der Waals surface area contributed by atoms with Crippen molar-refractivity contribution in [1.29, 1.82) is 0 Å². The molecule has 2 aromatic rings. The lowest BCUT2D eigenvalue weighted by molar-refractivity contribution is -0.111. The number of rotatable bonds is 8. The van der Waals surface area contributed by atoms with Crippen LogP contribution in [0.2, 0.25) is 0 Å². The number of benzene rings is 1. The molecule has 1 fully saturated rings. The van der Waals surface area contributed by atoms with Crippen LogP contribution < -0.4 is 16.0 Å². The Morgan fingerprint density at radius 3 is 2.56 bits per heavy atom. The van der Waals surface area contributed by atoms with Crippen LogP contribution in [0.3, 0.4) is 0 Å². The average Bonchev–Trinajstić information content (AvgIpc) is 3.37. The molecule has 0 radical (unpaired) electrons. The Labute approximate surface area is 212 Å². The smallest absolute Gasteiger partial charge is 0.318 e. The largest absolute Gasteiger partial charge is 0.381 e. The van der Waals surface area contributed by atoms with E-state index in [1.807, 2.05) is 57.1 Å². The third-order valence-electron chi connectivity index (χ3n) is 7.02. The van der Waals surface area contributed by atoms with Gasteiger partial charge in [-0.3, -0.25) is 9.89 Å². The maximum Gasteiger partial charge on any atom is 0.318 e. The van der Waals surface area contributed by atoms with Gasteiger partial charge in [0.1, 0.15) is 0 Å². The molecule has 1 unspecified atom stereocenters. The molecule has 2 aliphatic rings. The monoisotopic (exact) mass is 495 g/mol. The quantitative estimate of drug-likeness (QED) is 0.418. The Bertz CT molecular complexity index is 1090. The Kier molecular flexibility index (Phi) is 7.65. The topological polar surface area (TPSA) is 115 Å². The van der Waals surface area contributed by atoms with Crippen molar-refractivity contribution in [2.75, 3.05) is 44.5 Å². The first-order valence-electron chi connectivity index (χ1n) is 12.4. The molecule has 1 atom stereocenters. The highest BCUT2D eigenvalue weighted by Gasteiger charge is 2.44. The first-order chi connectivity index (χ1) is 17.2. The number of nitrogens with one attached hydrogen (secondary N) is 4. The summed E-state index contributed by atoms with van der Waals surface area (Å²) in [6, 6.07) is 7.33. The summed E-state index contributed by atoms with van der Waals surface area (Å²) >= 11 is 0. The van der Waals surface area contributed by atoms with Gasteiger partial charge in [0.25, 0.3) is 0 Å². The van der Waals surface area contributed by atoms with Crippen molar-refractivity contribution in [1.82, 2.24) is 25.3 Å². The van der Waals surface area contributed by atoms with Crippen LogP contribution in [0.15, 0.2) is 36.9 Å². The lowest BCUT2D eigenvalue weighted by atomic mass is 9.91. The van der Waals surface area contributed by atoms with E-state index in [4.69, 9.17) is 4.74 Å². The second kappa shape index (κ2) is 10.7. The lowest BCUT2D eigenvalue weighted by Gasteiger charge is -2.37. The van der Waals surface area contributed by atoms with E-state index in [1.165, 1.54) is 6.08 Å². The molecule has 0 saturated carbocycles. The van der Waals surface area contributed by atoms with Gasteiger partial charge in [-0.15, -0.1) is 0 Å². The standard InChI is InChI=1S/C26H37N7O3/c1-6-22(34)27-18-7-9-19(10-8-18)28-24-20-15-33(26(2,3)23(20)30-31-24)25(35)29-21(16-32(4)5)17-11-13-36-14-12-17/h6-10,17,21H,1,11-16H2,2-5H3,(H,27,34)(H,29,35)(H2,28,30,31). The van der Waals surface area contributed by atoms with Crippen molar-refractivity contribution in [2.45, 2.75) is 44.8 Å². The minimum Gasteiger partial charge on any atom is -0.381 e. The first kappa shape index (κ1) is 25.7. The molecule has 1 aromatic carbocycles. The summed E-state index contributed by atoms with van der Waals surface area (Å²) in [5, 5.41) is 17.0. The van der Waals surface area contributed by atoms with E-state index >= 15 is 0 Å². The fourth-order valence-corrected chi connectivity index (χ4v) is 4.97. The van der Waals surface area contributed by atoms with Gasteiger partial charge in [-0.2, -0.15) is 5.10 Å². The van der Waals surface area contributed by atoms with E-state index in [9.17, 15) is 9.59 Å². The normalized spacial score (nSPS) is 18.0. The van der Waals surface area contributed by atoms with Gasteiger partial charge >= 0.3 is 6.03 Å². The van der Waals surface area contributed by atoms with Crippen molar-refractivity contribution in [3.05, 3.63) is 48.2 Å². The van der Waals surface area contributed by atoms with Crippen LogP contribution >= 0.6 is 0 Å². The molecular weight excluding hydrogens is 458 g/mol. The second-order valence-corrected chi connectivity index (χ2v) is 10.2. The molecule has 0 aliphatic carbocycles. The Morgan fingerprint density at radius 2 is 1.92 bits per heavy atom. The SMILES string of the molecule is C=CC(=O)Nc1ccc(Nc2n[nH]c3c2CN(C(=O)NC(CN(C)C)C2CCOCC2)C3(C)C)cc1. The number of amides is 3. The summed E-state index contributed by atoms with van der Waals surface area (Å²) in [5.41, 5.74) is 2.86. The number of aromatic amines is 1. The minimum atomic E-state index is -0.538. The fraction of sp³-hybridized carbons (Fsp3) is 0.500. The molecule has 3 amide bonds. The summed E-state index contributed by atoms with van der Waals surface area (Å²) in [4.78, 5) is 29.0. The summed E-state index contributed by atoms with van der Waals surface area (Å²) in [7, 11) is 4.07. The van der Waals surface area contributed by atoms with Crippen LogP contribution in [-0.4, -0.2) is 71.8 Å². The van der Waals surface area contributed by atoms with E-state index in [1.54, 1.807) is 0 Å². The van der Waals surface area contributed by atoms with Gasteiger partial charge in [-0.25, -0.2) is 4.79 Å². The molecule has 2 aliphatic heterocycles. The Hall–Kier alpha value is -3.37. The lowest BCUT2D eigenvalue weighted by Crippen LogP contribution is -2.54. The van der Waals surface area contributed by atoms with Crippen molar-refractivity contribution in [3.8, 4) is 0 Å². The zero-order valence-corrected chi connectivity index (χ0v) is 21.6. The third kappa shape index (κ3) is 5.55. The highest BCUT2D eigenvalue weighted by atomic mass is 16.5. The molecule has 36 heavy (non-hydrogen) atoms. The van der Waals surface area contributed by atoms with Crippen LogP contribution in [-0.2, 0) is 21.6 Å². The van der Waals surface area contributed by atoms with Gasteiger partial charge in [0.05, 0.1) is 17.8 Å². The molecule has 1 saturated heterocycles. The van der Waals surface area contributed by atoms with E-state index in [0.29, 0.717) is 24.0 Å². The average molecular weight is 496 g/mol. The second-order valence-electron chi connectivity index (χ2n) is 10.2. The first-order valence-corrected chi connectivity index (χ1v) is 12.4. The summed E-state index contributed by atoms with van der Waals surface area (Å²) in [6.07, 6.45) is 3.14. The zero-order valence-electron chi connectivity index (χ0n) is 21.6. The summed E-state index contributed by atoms with van der Waals surface area (Å²) < 4.78 is 5.54. The highest BCUT2D eigenvalue weighted by Crippen LogP contribution is 2.41. The number of aromatic nitrogens is 2. The van der Waals surface area contributed by atoms with Gasteiger partial charge in [-0.05, 0) is 77.0 Å². The van der Waals surface area contributed by atoms with Gasteiger partial charge in [0.15, 0.2) is 5.82 Å². The number of carbonyl (C=O) groups excluding carboxylic acids is 2. The molecule has 194 valence electrons. The molecule has 10 heteroatoms. The molecule has 0 spiro atoms. The number of hydrogen-bond acceptors (Lipinski definition) is 6. The molecule has 0 bridgehead atoms. The van der Waals surface area contributed by atoms with Crippen LogP contribution in [0, 0.1) is 5.92 Å². The molecule has 4 rings (SSSR count). The summed E-state index contributed by atoms with van der Waals surface area (Å²) in [6.45, 7) is 10.3. The van der Waals surface area contributed by atoms with E-state index in [0.717, 1.165) is 49.5 Å². The molecule has 1 aromatic heterocycles. The van der Waals surface area contributed by atoms with Crippen molar-refractivity contribution in [2.24, 2.45) is 5.92 Å². The van der Waals surface area contributed by atoms with Gasteiger partial charge in [0.2, 0.25) is 5.91 Å². The number of urea groups is 1. The van der Waals surface area contributed by atoms with E-state index in [-0.39, 0.29) is 18.0 Å². The molecule has 4 N–H and O–H groups in total. The maximum atomic E-state index is 13.6. The Morgan fingerprint density at radius 1 is 1.25 bits per heavy atom. The van der Waals surface area contributed by atoms with Crippen LogP contribution in [0.4, 0.5) is 22.0 Å². The third-order valence-corrected chi connectivity index (χ3v) is 7.02. The van der Waals surface area contributed by atoms with Gasteiger partial charge in [-0.1, -0.05) is 6.58 Å².